The van der Waals surface area contributed by atoms with Gasteiger partial charge in [0.15, 0.2) is 0 Å². The van der Waals surface area contributed by atoms with Crippen LogP contribution >= 0.6 is 11.6 Å². The lowest BCUT2D eigenvalue weighted by atomic mass is 10.0. The molecule has 0 aromatic heterocycles. The minimum Gasteiger partial charge on any atom is -0.390 e. The molecule has 0 bridgehead atoms. The van der Waals surface area contributed by atoms with Gasteiger partial charge in [0.1, 0.15) is 12.4 Å². The maximum atomic E-state index is 13.2. The largest absolute Gasteiger partial charge is 0.390 e. The molecule has 15 heavy (non-hydrogen) atoms. The fourth-order valence-electron chi connectivity index (χ4n) is 1.08. The molecule has 0 heterocycles. The van der Waals surface area contributed by atoms with Crippen molar-refractivity contribution in [2.75, 3.05) is 6.61 Å². The van der Waals surface area contributed by atoms with E-state index >= 15 is 0 Å². The molecule has 1 atom stereocenters. The van der Waals surface area contributed by atoms with Crippen LogP contribution < -0.4 is 5.73 Å². The number of aliphatic hydroxyl groups excluding tert-OH is 1. The predicted octanol–water partition coefficient (Wildman–Crippen LogP) is 2.11. The molecule has 0 radical (unpaired) electrons. The van der Waals surface area contributed by atoms with Gasteiger partial charge in [0, 0.05) is 10.6 Å². The summed E-state index contributed by atoms with van der Waals surface area (Å²) in [4.78, 5) is 0. The molecule has 0 spiro atoms. The lowest BCUT2D eigenvalue weighted by Gasteiger charge is -2.22. The van der Waals surface area contributed by atoms with Crippen LogP contribution in [0.15, 0.2) is 18.2 Å². The lowest BCUT2D eigenvalue weighted by molar-refractivity contribution is -0.0718. The van der Waals surface area contributed by atoms with Gasteiger partial charge in [-0.15, -0.1) is 0 Å². The van der Waals surface area contributed by atoms with Gasteiger partial charge in [0.2, 0.25) is 0 Å². The van der Waals surface area contributed by atoms with E-state index < -0.39 is 24.4 Å². The van der Waals surface area contributed by atoms with Gasteiger partial charge < -0.3 is 10.8 Å². The Labute approximate surface area is 89.5 Å². The van der Waals surface area contributed by atoms with E-state index in [1.165, 1.54) is 6.07 Å². The predicted molar refractivity (Wildman–Crippen MR) is 50.4 cm³/mol. The van der Waals surface area contributed by atoms with Crippen LogP contribution in [0.2, 0.25) is 5.02 Å². The monoisotopic (exact) mass is 239 g/mol. The smallest absolute Gasteiger partial charge is 0.289 e. The third-order valence-corrected chi connectivity index (χ3v) is 2.20. The van der Waals surface area contributed by atoms with Gasteiger partial charge in [0.25, 0.3) is 5.92 Å². The van der Waals surface area contributed by atoms with E-state index in [2.05, 4.69) is 0 Å². The van der Waals surface area contributed by atoms with E-state index in [0.29, 0.717) is 0 Å². The Hall–Kier alpha value is -0.780. The number of alkyl halides is 2. The molecular weight excluding hydrogens is 231 g/mol. The average molecular weight is 240 g/mol. The molecular formula is C9H9ClF3NO. The minimum absolute atomic E-state index is 0.0933. The average Bonchev–Trinajstić information content (AvgIpc) is 2.17. The summed E-state index contributed by atoms with van der Waals surface area (Å²) in [5.41, 5.74) is 4.76. The highest BCUT2D eigenvalue weighted by atomic mass is 35.5. The standard InChI is InChI=1S/C9H9ClF3NO/c10-5-1-2-6(7(11)3-5)8(14)9(12,13)4-15/h1-3,8,15H,4,14H2/t8-/m1/s1. The zero-order valence-corrected chi connectivity index (χ0v) is 8.31. The highest BCUT2D eigenvalue weighted by Gasteiger charge is 2.38. The van der Waals surface area contributed by atoms with Gasteiger partial charge in [0.05, 0.1) is 6.04 Å². The first-order valence-corrected chi connectivity index (χ1v) is 4.45. The number of rotatable bonds is 3. The van der Waals surface area contributed by atoms with E-state index in [9.17, 15) is 13.2 Å². The third kappa shape index (κ3) is 2.62. The summed E-state index contributed by atoms with van der Waals surface area (Å²) in [5, 5.41) is 8.49. The van der Waals surface area contributed by atoms with Crippen LogP contribution in [-0.2, 0) is 0 Å². The van der Waals surface area contributed by atoms with E-state index in [-0.39, 0.29) is 10.6 Å². The van der Waals surface area contributed by atoms with Gasteiger partial charge in [-0.05, 0) is 12.1 Å². The van der Waals surface area contributed by atoms with Gasteiger partial charge >= 0.3 is 0 Å². The number of aliphatic hydroxyl groups is 1. The maximum absolute atomic E-state index is 13.2. The molecule has 0 saturated heterocycles. The highest BCUT2D eigenvalue weighted by Crippen LogP contribution is 2.31. The Morgan fingerprint density at radius 1 is 1.47 bits per heavy atom. The maximum Gasteiger partial charge on any atom is 0.289 e. The van der Waals surface area contributed by atoms with Crippen molar-refractivity contribution in [2.45, 2.75) is 12.0 Å². The molecule has 0 unspecified atom stereocenters. The van der Waals surface area contributed by atoms with Crippen molar-refractivity contribution in [1.29, 1.82) is 0 Å². The molecule has 0 aliphatic carbocycles. The number of hydrogen-bond acceptors (Lipinski definition) is 2. The number of benzene rings is 1. The molecule has 0 saturated carbocycles. The quantitative estimate of drug-likeness (QED) is 0.849. The molecule has 3 N–H and O–H groups in total. The SMILES string of the molecule is N[C@H](c1ccc(Cl)cc1F)C(F)(F)CO. The van der Waals surface area contributed by atoms with Gasteiger partial charge in [-0.3, -0.25) is 0 Å². The summed E-state index contributed by atoms with van der Waals surface area (Å²) < 4.78 is 39.1. The summed E-state index contributed by atoms with van der Waals surface area (Å²) in [6.07, 6.45) is 0. The van der Waals surface area contributed by atoms with Gasteiger partial charge in [-0.1, -0.05) is 17.7 Å². The fourth-order valence-corrected chi connectivity index (χ4v) is 1.24. The summed E-state index contributed by atoms with van der Waals surface area (Å²) in [6, 6.07) is 1.34. The van der Waals surface area contributed by atoms with Crippen LogP contribution in [-0.4, -0.2) is 17.6 Å². The molecule has 0 aliphatic rings. The highest BCUT2D eigenvalue weighted by molar-refractivity contribution is 6.30. The first-order valence-electron chi connectivity index (χ1n) is 4.07. The first-order chi connectivity index (χ1) is 6.88. The summed E-state index contributed by atoms with van der Waals surface area (Å²) in [5.74, 6) is -4.47. The van der Waals surface area contributed by atoms with Crippen molar-refractivity contribution >= 4 is 11.6 Å². The molecule has 0 aliphatic heterocycles. The molecule has 1 rings (SSSR count). The van der Waals surface area contributed by atoms with Crippen LogP contribution in [0.3, 0.4) is 0 Å². The van der Waals surface area contributed by atoms with Gasteiger partial charge in [-0.25, -0.2) is 13.2 Å². The van der Waals surface area contributed by atoms with Crippen LogP contribution in [0.1, 0.15) is 11.6 Å². The second kappa shape index (κ2) is 4.38. The van der Waals surface area contributed by atoms with Crippen molar-refractivity contribution in [3.8, 4) is 0 Å². The van der Waals surface area contributed by atoms with Crippen LogP contribution in [0.25, 0.3) is 0 Å². The Bertz CT molecular complexity index is 359. The Morgan fingerprint density at radius 2 is 2.07 bits per heavy atom. The van der Waals surface area contributed by atoms with Crippen LogP contribution in [0.4, 0.5) is 13.2 Å². The Morgan fingerprint density at radius 3 is 2.53 bits per heavy atom. The molecule has 0 fully saturated rings. The number of nitrogens with two attached hydrogens (primary N) is 1. The van der Waals surface area contributed by atoms with Crippen molar-refractivity contribution in [3.63, 3.8) is 0 Å². The summed E-state index contributed by atoms with van der Waals surface area (Å²) in [7, 11) is 0. The normalized spacial score (nSPS) is 14.0. The third-order valence-electron chi connectivity index (χ3n) is 1.96. The van der Waals surface area contributed by atoms with Crippen molar-refractivity contribution in [2.24, 2.45) is 5.73 Å². The fraction of sp³-hybridized carbons (Fsp3) is 0.333. The summed E-state index contributed by atoms with van der Waals surface area (Å²) >= 11 is 5.45. The number of halogens is 4. The zero-order chi connectivity index (χ0) is 11.6. The van der Waals surface area contributed by atoms with Crippen LogP contribution in [0.5, 0.6) is 0 Å². The van der Waals surface area contributed by atoms with Crippen molar-refractivity contribution in [1.82, 2.24) is 0 Å². The molecule has 2 nitrogen and oxygen atoms in total. The van der Waals surface area contributed by atoms with Crippen LogP contribution in [0, 0.1) is 5.82 Å². The Balaban J connectivity index is 3.06. The topological polar surface area (TPSA) is 46.2 Å². The summed E-state index contributed by atoms with van der Waals surface area (Å²) in [6.45, 7) is -1.43. The molecule has 84 valence electrons. The second-order valence-electron chi connectivity index (χ2n) is 3.06. The van der Waals surface area contributed by atoms with E-state index in [4.69, 9.17) is 22.4 Å². The Kier molecular flexibility index (Phi) is 3.59. The molecule has 1 aromatic carbocycles. The minimum atomic E-state index is -3.56. The first kappa shape index (κ1) is 12.3. The number of hydrogen-bond donors (Lipinski definition) is 2. The zero-order valence-electron chi connectivity index (χ0n) is 7.55. The van der Waals surface area contributed by atoms with Crippen molar-refractivity contribution < 1.29 is 18.3 Å². The molecule has 1 aromatic rings. The van der Waals surface area contributed by atoms with E-state index in [0.717, 1.165) is 12.1 Å². The molecule has 0 amide bonds. The second-order valence-corrected chi connectivity index (χ2v) is 3.50. The van der Waals surface area contributed by atoms with Gasteiger partial charge in [-0.2, -0.15) is 0 Å². The molecule has 6 heteroatoms. The van der Waals surface area contributed by atoms with Crippen molar-refractivity contribution in [3.05, 3.63) is 34.6 Å². The van der Waals surface area contributed by atoms with E-state index in [1.807, 2.05) is 0 Å². The van der Waals surface area contributed by atoms with E-state index in [1.54, 1.807) is 0 Å². The lowest BCUT2D eigenvalue weighted by Crippen LogP contribution is -2.36.